The zero-order valence-corrected chi connectivity index (χ0v) is 11.9. The molecule has 0 aliphatic rings. The first-order valence-corrected chi connectivity index (χ1v) is 6.41. The number of halogens is 2. The summed E-state index contributed by atoms with van der Waals surface area (Å²) in [6.45, 7) is 1.67. The molecule has 2 aromatic carbocycles. The average Bonchev–Trinajstić information content (AvgIpc) is 2.44. The van der Waals surface area contributed by atoms with Gasteiger partial charge in [0.1, 0.15) is 0 Å². The highest BCUT2D eigenvalue weighted by atomic mass is 35.5. The Morgan fingerprint density at radius 1 is 1.43 bits per heavy atom. The van der Waals surface area contributed by atoms with Gasteiger partial charge in [0, 0.05) is 17.7 Å². The normalized spacial score (nSPS) is 10.5. The lowest BCUT2D eigenvalue weighted by Crippen LogP contribution is -2.01. The highest BCUT2D eigenvalue weighted by Crippen LogP contribution is 2.36. The molecule has 0 unspecified atom stereocenters. The van der Waals surface area contributed by atoms with Crippen molar-refractivity contribution in [3.8, 4) is 11.5 Å². The van der Waals surface area contributed by atoms with Gasteiger partial charge in [0.2, 0.25) is 0 Å². The second-order valence-corrected chi connectivity index (χ2v) is 4.77. The van der Waals surface area contributed by atoms with Gasteiger partial charge in [-0.1, -0.05) is 23.7 Å². The summed E-state index contributed by atoms with van der Waals surface area (Å²) in [6, 6.07) is 7.08. The van der Waals surface area contributed by atoms with Gasteiger partial charge >= 0.3 is 0 Å². The van der Waals surface area contributed by atoms with Crippen LogP contribution in [-0.4, -0.2) is 4.92 Å². The standard InChI is InChI=1S/C14H12ClFN2O3/c1-8-5-13(11(16)6-12(8)18(19)20)21-14-9(7-17)3-2-4-10(14)15/h2-6H,7,17H2,1H3. The maximum atomic E-state index is 13.9. The molecule has 2 aromatic rings. The molecule has 0 radical (unpaired) electrons. The van der Waals surface area contributed by atoms with E-state index in [1.807, 2.05) is 0 Å². The number of nitrogens with two attached hydrogens (primary N) is 1. The number of hydrogen-bond acceptors (Lipinski definition) is 4. The van der Waals surface area contributed by atoms with Gasteiger partial charge in [0.25, 0.3) is 5.69 Å². The van der Waals surface area contributed by atoms with Crippen molar-refractivity contribution in [2.75, 3.05) is 0 Å². The van der Waals surface area contributed by atoms with Crippen LogP contribution >= 0.6 is 11.6 Å². The topological polar surface area (TPSA) is 78.4 Å². The number of ether oxygens (including phenoxy) is 1. The zero-order valence-electron chi connectivity index (χ0n) is 11.1. The van der Waals surface area contributed by atoms with Gasteiger partial charge in [-0.15, -0.1) is 0 Å². The molecule has 2 N–H and O–H groups in total. The van der Waals surface area contributed by atoms with E-state index in [-0.39, 0.29) is 34.3 Å². The van der Waals surface area contributed by atoms with E-state index in [1.165, 1.54) is 13.0 Å². The van der Waals surface area contributed by atoms with Crippen LogP contribution in [0.3, 0.4) is 0 Å². The second kappa shape index (κ2) is 6.07. The van der Waals surface area contributed by atoms with E-state index in [2.05, 4.69) is 0 Å². The van der Waals surface area contributed by atoms with Crippen LogP contribution in [0.1, 0.15) is 11.1 Å². The van der Waals surface area contributed by atoms with E-state index in [4.69, 9.17) is 22.1 Å². The van der Waals surface area contributed by atoms with Gasteiger partial charge in [-0.05, 0) is 19.1 Å². The predicted molar refractivity (Wildman–Crippen MR) is 77.2 cm³/mol. The number of para-hydroxylation sites is 1. The molecule has 0 saturated heterocycles. The summed E-state index contributed by atoms with van der Waals surface area (Å²) in [7, 11) is 0. The lowest BCUT2D eigenvalue weighted by Gasteiger charge is -2.13. The van der Waals surface area contributed by atoms with Gasteiger partial charge < -0.3 is 10.5 Å². The summed E-state index contributed by atoms with van der Waals surface area (Å²) in [6.07, 6.45) is 0. The smallest absolute Gasteiger partial charge is 0.275 e. The number of rotatable bonds is 4. The fraction of sp³-hybridized carbons (Fsp3) is 0.143. The van der Waals surface area contributed by atoms with E-state index < -0.39 is 10.7 Å². The Labute approximate surface area is 125 Å². The van der Waals surface area contributed by atoms with Crippen molar-refractivity contribution >= 4 is 17.3 Å². The fourth-order valence-corrected chi connectivity index (χ4v) is 2.09. The van der Waals surface area contributed by atoms with Crippen LogP contribution in [0.25, 0.3) is 0 Å². The molecule has 0 aromatic heterocycles. The Bertz CT molecular complexity index is 707. The third-order valence-corrected chi connectivity index (χ3v) is 3.23. The summed E-state index contributed by atoms with van der Waals surface area (Å²) in [4.78, 5) is 10.1. The van der Waals surface area contributed by atoms with Crippen molar-refractivity contribution in [1.82, 2.24) is 0 Å². The van der Waals surface area contributed by atoms with Crippen molar-refractivity contribution in [3.63, 3.8) is 0 Å². The van der Waals surface area contributed by atoms with Gasteiger partial charge in [-0.3, -0.25) is 10.1 Å². The lowest BCUT2D eigenvalue weighted by molar-refractivity contribution is -0.385. The van der Waals surface area contributed by atoms with Crippen LogP contribution in [0.2, 0.25) is 5.02 Å². The van der Waals surface area contributed by atoms with Crippen LogP contribution in [0.4, 0.5) is 10.1 Å². The third-order valence-electron chi connectivity index (χ3n) is 2.93. The number of hydrogen-bond donors (Lipinski definition) is 1. The van der Waals surface area contributed by atoms with Gasteiger partial charge in [-0.25, -0.2) is 4.39 Å². The average molecular weight is 311 g/mol. The zero-order chi connectivity index (χ0) is 15.6. The molecule has 0 spiro atoms. The first-order chi connectivity index (χ1) is 9.93. The van der Waals surface area contributed by atoms with E-state index in [0.717, 1.165) is 6.07 Å². The Morgan fingerprint density at radius 3 is 2.76 bits per heavy atom. The molecule has 0 heterocycles. The maximum Gasteiger partial charge on any atom is 0.275 e. The van der Waals surface area contributed by atoms with E-state index in [0.29, 0.717) is 5.56 Å². The van der Waals surface area contributed by atoms with Crippen molar-refractivity contribution < 1.29 is 14.1 Å². The minimum Gasteiger partial charge on any atom is -0.452 e. The van der Waals surface area contributed by atoms with E-state index in [9.17, 15) is 14.5 Å². The molecule has 0 fully saturated rings. The minimum atomic E-state index is -0.838. The lowest BCUT2D eigenvalue weighted by atomic mass is 10.1. The Balaban J connectivity index is 2.46. The molecule has 5 nitrogen and oxygen atoms in total. The predicted octanol–water partition coefficient (Wildman–Crippen LogP) is 3.95. The van der Waals surface area contributed by atoms with Gasteiger partial charge in [-0.2, -0.15) is 0 Å². The second-order valence-electron chi connectivity index (χ2n) is 4.36. The number of nitrogens with zero attached hydrogens (tertiary/aromatic N) is 1. The molecule has 0 saturated carbocycles. The van der Waals surface area contributed by atoms with E-state index >= 15 is 0 Å². The largest absolute Gasteiger partial charge is 0.452 e. The molecule has 110 valence electrons. The summed E-state index contributed by atoms with van der Waals surface area (Å²) < 4.78 is 19.4. The Kier molecular flexibility index (Phi) is 4.40. The maximum absolute atomic E-state index is 13.9. The third kappa shape index (κ3) is 3.12. The number of nitro groups is 1. The number of aryl methyl sites for hydroxylation is 1. The number of nitro benzene ring substituents is 1. The molecule has 7 heteroatoms. The fourth-order valence-electron chi connectivity index (χ4n) is 1.86. The molecule has 21 heavy (non-hydrogen) atoms. The van der Waals surface area contributed by atoms with Crippen LogP contribution in [0.5, 0.6) is 11.5 Å². The van der Waals surface area contributed by atoms with Crippen molar-refractivity contribution in [1.29, 1.82) is 0 Å². The van der Waals surface area contributed by atoms with Crippen molar-refractivity contribution in [3.05, 3.63) is 62.4 Å². The van der Waals surface area contributed by atoms with Crippen LogP contribution in [-0.2, 0) is 6.54 Å². The van der Waals surface area contributed by atoms with Gasteiger partial charge in [0.05, 0.1) is 16.0 Å². The monoisotopic (exact) mass is 310 g/mol. The quantitative estimate of drug-likeness (QED) is 0.685. The van der Waals surface area contributed by atoms with Crippen LogP contribution < -0.4 is 10.5 Å². The first-order valence-electron chi connectivity index (χ1n) is 6.04. The van der Waals surface area contributed by atoms with Crippen LogP contribution in [0.15, 0.2) is 30.3 Å². The van der Waals surface area contributed by atoms with Gasteiger partial charge in [0.15, 0.2) is 17.3 Å². The van der Waals surface area contributed by atoms with Crippen molar-refractivity contribution in [2.24, 2.45) is 5.73 Å². The molecule has 0 atom stereocenters. The van der Waals surface area contributed by atoms with Crippen LogP contribution in [0, 0.1) is 22.9 Å². The summed E-state index contributed by atoms with van der Waals surface area (Å²) >= 11 is 6.02. The highest BCUT2D eigenvalue weighted by Gasteiger charge is 2.18. The Morgan fingerprint density at radius 2 is 2.14 bits per heavy atom. The van der Waals surface area contributed by atoms with E-state index in [1.54, 1.807) is 18.2 Å². The molecular formula is C14H12ClFN2O3. The summed E-state index contributed by atoms with van der Waals surface area (Å²) in [5.74, 6) is -0.732. The summed E-state index contributed by atoms with van der Waals surface area (Å²) in [5, 5.41) is 11.0. The first kappa shape index (κ1) is 15.2. The molecule has 2 rings (SSSR count). The summed E-state index contributed by atoms with van der Waals surface area (Å²) in [5.41, 5.74) is 6.17. The Hall–Kier alpha value is -2.18. The van der Waals surface area contributed by atoms with Crippen molar-refractivity contribution in [2.45, 2.75) is 13.5 Å². The number of benzene rings is 2. The minimum absolute atomic E-state index is 0.138. The molecule has 0 aliphatic carbocycles. The molecule has 0 aliphatic heterocycles. The molecular weight excluding hydrogens is 299 g/mol. The molecule has 0 amide bonds. The molecule has 0 bridgehead atoms. The highest BCUT2D eigenvalue weighted by molar-refractivity contribution is 6.32. The SMILES string of the molecule is Cc1cc(Oc2c(Cl)cccc2CN)c(F)cc1[N+](=O)[O-].